The van der Waals surface area contributed by atoms with Gasteiger partial charge in [-0.1, -0.05) is 43.6 Å². The van der Waals surface area contributed by atoms with Gasteiger partial charge in [0.05, 0.1) is 0 Å². The van der Waals surface area contributed by atoms with Gasteiger partial charge in [0, 0.05) is 17.1 Å². The van der Waals surface area contributed by atoms with Gasteiger partial charge >= 0.3 is 0 Å². The van der Waals surface area contributed by atoms with Crippen LogP contribution >= 0.6 is 15.9 Å². The molecule has 1 aromatic rings. The first-order chi connectivity index (χ1) is 7.00. The van der Waals surface area contributed by atoms with Gasteiger partial charge in [-0.05, 0) is 18.1 Å². The number of ketones is 1. The summed E-state index contributed by atoms with van der Waals surface area (Å²) in [5.74, 6) is 0.346. The molecule has 0 saturated carbocycles. The molecule has 0 N–H and O–H groups in total. The fourth-order valence-electron chi connectivity index (χ4n) is 0.993. The fraction of sp³-hybridized carbons (Fsp3) is 0.500. The first-order valence-electron chi connectivity index (χ1n) is 5.19. The number of pyridine rings is 1. The van der Waals surface area contributed by atoms with Crippen LogP contribution in [-0.2, 0) is 0 Å². The van der Waals surface area contributed by atoms with Crippen molar-refractivity contribution >= 4 is 21.7 Å². The topological polar surface area (TPSA) is 30.0 Å². The van der Waals surface area contributed by atoms with Gasteiger partial charge in [0.1, 0.15) is 5.69 Å². The van der Waals surface area contributed by atoms with Crippen LogP contribution in [0, 0.1) is 0 Å². The van der Waals surface area contributed by atoms with Crippen LogP contribution < -0.4 is 0 Å². The second kappa shape index (κ2) is 6.72. The molecule has 0 aliphatic heterocycles. The second-order valence-electron chi connectivity index (χ2n) is 3.31. The highest BCUT2D eigenvalue weighted by molar-refractivity contribution is 9.10. The van der Waals surface area contributed by atoms with Gasteiger partial charge in [-0.25, -0.2) is 4.98 Å². The summed E-state index contributed by atoms with van der Waals surface area (Å²) >= 11 is 3.36. The molecule has 3 heteroatoms. The molecule has 84 valence electrons. The zero-order valence-corrected chi connectivity index (χ0v) is 11.6. The molecule has 15 heavy (non-hydrogen) atoms. The maximum atomic E-state index is 11.1. The third-order valence-electron chi connectivity index (χ3n) is 1.76. The van der Waals surface area contributed by atoms with E-state index in [4.69, 9.17) is 0 Å². The lowest BCUT2D eigenvalue weighted by Crippen LogP contribution is -2.01. The summed E-state index contributed by atoms with van der Waals surface area (Å²) in [6.45, 7) is 9.64. The van der Waals surface area contributed by atoms with E-state index in [2.05, 4.69) is 34.8 Å². The Morgan fingerprint density at radius 3 is 2.27 bits per heavy atom. The van der Waals surface area contributed by atoms with Gasteiger partial charge in [-0.3, -0.25) is 4.79 Å². The monoisotopic (exact) mass is 271 g/mol. The number of rotatable bonds is 2. The molecular weight excluding hydrogens is 254 g/mol. The quantitative estimate of drug-likeness (QED) is 0.755. The molecule has 0 spiro atoms. The van der Waals surface area contributed by atoms with E-state index >= 15 is 0 Å². The summed E-state index contributed by atoms with van der Waals surface area (Å²) in [5.41, 5.74) is 1.47. The lowest BCUT2D eigenvalue weighted by molar-refractivity contribution is 0.101. The molecule has 0 fully saturated rings. The van der Waals surface area contributed by atoms with Gasteiger partial charge in [0.15, 0.2) is 5.78 Å². The molecule has 0 atom stereocenters. The van der Waals surface area contributed by atoms with Gasteiger partial charge in [0.25, 0.3) is 0 Å². The Bertz CT molecular complexity index is 334. The van der Waals surface area contributed by atoms with Crippen molar-refractivity contribution in [1.29, 1.82) is 0 Å². The smallest absolute Gasteiger partial charge is 0.178 e. The van der Waals surface area contributed by atoms with Crippen molar-refractivity contribution in [2.75, 3.05) is 0 Å². The van der Waals surface area contributed by atoms with Crippen LogP contribution in [0.1, 0.15) is 56.7 Å². The molecule has 1 heterocycles. The number of hydrogen-bond donors (Lipinski definition) is 0. The number of aromatic nitrogens is 1. The molecule has 0 saturated heterocycles. The number of carbonyl (C=O) groups is 1. The van der Waals surface area contributed by atoms with E-state index in [0.717, 1.165) is 10.2 Å². The third-order valence-corrected chi connectivity index (χ3v) is 2.22. The first-order valence-corrected chi connectivity index (χ1v) is 5.98. The van der Waals surface area contributed by atoms with E-state index in [-0.39, 0.29) is 5.78 Å². The van der Waals surface area contributed by atoms with Crippen molar-refractivity contribution in [3.63, 3.8) is 0 Å². The molecule has 0 amide bonds. The lowest BCUT2D eigenvalue weighted by atomic mass is 10.1. The Morgan fingerprint density at radius 1 is 1.33 bits per heavy atom. The summed E-state index contributed by atoms with van der Waals surface area (Å²) < 4.78 is 0.913. The SMILES string of the molecule is CC.CC(=O)c1cc(Br)cc(C(C)C)n1. The van der Waals surface area contributed by atoms with E-state index in [0.29, 0.717) is 11.6 Å². The van der Waals surface area contributed by atoms with E-state index in [9.17, 15) is 4.79 Å². The second-order valence-corrected chi connectivity index (χ2v) is 4.22. The molecular formula is C12H18BrNO. The summed E-state index contributed by atoms with van der Waals surface area (Å²) in [7, 11) is 0. The van der Waals surface area contributed by atoms with Crippen LogP contribution in [0.3, 0.4) is 0 Å². The maximum absolute atomic E-state index is 11.1. The highest BCUT2D eigenvalue weighted by Gasteiger charge is 2.07. The van der Waals surface area contributed by atoms with Crippen molar-refractivity contribution in [3.8, 4) is 0 Å². The number of carbonyl (C=O) groups excluding carboxylic acids is 1. The molecule has 2 nitrogen and oxygen atoms in total. The van der Waals surface area contributed by atoms with E-state index in [1.54, 1.807) is 6.07 Å². The number of halogens is 1. The Hall–Kier alpha value is -0.700. The summed E-state index contributed by atoms with van der Waals surface area (Å²) in [6.07, 6.45) is 0. The van der Waals surface area contributed by atoms with Crippen molar-refractivity contribution in [2.24, 2.45) is 0 Å². The molecule has 1 aromatic heterocycles. The van der Waals surface area contributed by atoms with Crippen molar-refractivity contribution in [2.45, 2.75) is 40.5 Å². The normalized spacial score (nSPS) is 9.53. The Balaban J connectivity index is 0.000000921. The van der Waals surface area contributed by atoms with Gasteiger partial charge in [-0.15, -0.1) is 0 Å². The molecule has 0 aliphatic carbocycles. The third kappa shape index (κ3) is 4.56. The van der Waals surface area contributed by atoms with Crippen LogP contribution in [0.5, 0.6) is 0 Å². The minimum absolute atomic E-state index is 0.00296. The molecule has 0 aliphatic rings. The predicted octanol–water partition coefficient (Wildman–Crippen LogP) is 4.20. The Morgan fingerprint density at radius 2 is 1.87 bits per heavy atom. The summed E-state index contributed by atoms with van der Waals surface area (Å²) in [4.78, 5) is 15.3. The van der Waals surface area contributed by atoms with E-state index in [1.165, 1.54) is 6.92 Å². The summed E-state index contributed by atoms with van der Waals surface area (Å²) in [5, 5.41) is 0. The largest absolute Gasteiger partial charge is 0.293 e. The molecule has 0 unspecified atom stereocenters. The van der Waals surface area contributed by atoms with Crippen molar-refractivity contribution < 1.29 is 4.79 Å². The molecule has 0 aromatic carbocycles. The van der Waals surface area contributed by atoms with E-state index < -0.39 is 0 Å². The molecule has 0 radical (unpaired) electrons. The molecule has 1 rings (SSSR count). The average molecular weight is 272 g/mol. The number of hydrogen-bond acceptors (Lipinski definition) is 2. The number of Topliss-reactive ketones (excluding diaryl/α,β-unsaturated/α-hetero) is 1. The maximum Gasteiger partial charge on any atom is 0.178 e. The van der Waals surface area contributed by atoms with Gasteiger partial charge in [-0.2, -0.15) is 0 Å². The standard InChI is InChI=1S/C10H12BrNO.C2H6/c1-6(2)9-4-8(11)5-10(12-9)7(3)13;1-2/h4-6H,1-3H3;1-2H3. The Labute approximate surface area is 100 Å². The van der Waals surface area contributed by atoms with Crippen molar-refractivity contribution in [3.05, 3.63) is 28.0 Å². The highest BCUT2D eigenvalue weighted by atomic mass is 79.9. The van der Waals surface area contributed by atoms with Crippen LogP contribution in [0.15, 0.2) is 16.6 Å². The van der Waals surface area contributed by atoms with Gasteiger partial charge in [0.2, 0.25) is 0 Å². The lowest BCUT2D eigenvalue weighted by Gasteiger charge is -2.06. The van der Waals surface area contributed by atoms with E-state index in [1.807, 2.05) is 19.9 Å². The van der Waals surface area contributed by atoms with Crippen LogP contribution in [0.25, 0.3) is 0 Å². The van der Waals surface area contributed by atoms with Crippen LogP contribution in [0.4, 0.5) is 0 Å². The van der Waals surface area contributed by atoms with Gasteiger partial charge < -0.3 is 0 Å². The zero-order valence-electron chi connectivity index (χ0n) is 9.97. The average Bonchev–Trinajstić information content (AvgIpc) is 2.19. The first kappa shape index (κ1) is 14.3. The summed E-state index contributed by atoms with van der Waals surface area (Å²) in [6, 6.07) is 3.69. The highest BCUT2D eigenvalue weighted by Crippen LogP contribution is 2.18. The predicted molar refractivity (Wildman–Crippen MR) is 67.4 cm³/mol. The minimum Gasteiger partial charge on any atom is -0.293 e. The van der Waals surface area contributed by atoms with Crippen LogP contribution in [0.2, 0.25) is 0 Å². The number of nitrogens with zero attached hydrogens (tertiary/aromatic N) is 1. The van der Waals surface area contributed by atoms with Crippen LogP contribution in [-0.4, -0.2) is 10.8 Å². The Kier molecular flexibility index (Phi) is 6.41. The fourth-order valence-corrected chi connectivity index (χ4v) is 1.44. The zero-order chi connectivity index (χ0) is 12.0. The minimum atomic E-state index is 0.00296. The molecule has 0 bridgehead atoms. The van der Waals surface area contributed by atoms with Crippen molar-refractivity contribution in [1.82, 2.24) is 4.98 Å².